The van der Waals surface area contributed by atoms with Crippen LogP contribution in [0.5, 0.6) is 0 Å². The van der Waals surface area contributed by atoms with Gasteiger partial charge < -0.3 is 0 Å². The van der Waals surface area contributed by atoms with E-state index in [0.29, 0.717) is 0 Å². The van der Waals surface area contributed by atoms with Crippen LogP contribution in [-0.4, -0.2) is 0 Å². The van der Waals surface area contributed by atoms with Crippen LogP contribution in [0.2, 0.25) is 0 Å². The predicted molar refractivity (Wildman–Crippen MR) is 68.5 cm³/mol. The van der Waals surface area contributed by atoms with E-state index >= 15 is 0 Å². The Labute approximate surface area is 94.7 Å². The molecule has 0 bridgehead atoms. The van der Waals surface area contributed by atoms with Gasteiger partial charge in [0, 0.05) is 0 Å². The van der Waals surface area contributed by atoms with Crippen molar-refractivity contribution < 1.29 is 0 Å². The highest BCUT2D eigenvalue weighted by atomic mass is 14.1. The maximum absolute atomic E-state index is 2.28. The van der Waals surface area contributed by atoms with Crippen molar-refractivity contribution >= 4 is 0 Å². The first-order valence-corrected chi connectivity index (χ1v) is 6.28. The molecule has 0 aromatic heterocycles. The molecule has 15 heavy (non-hydrogen) atoms. The first-order valence-electron chi connectivity index (χ1n) is 6.28. The minimum absolute atomic E-state index is 1.24. The van der Waals surface area contributed by atoms with Crippen LogP contribution in [0, 0.1) is 13.8 Å². The van der Waals surface area contributed by atoms with E-state index < -0.39 is 0 Å². The average Bonchev–Trinajstić information content (AvgIpc) is 2.23. The van der Waals surface area contributed by atoms with Crippen LogP contribution in [0.15, 0.2) is 12.1 Å². The van der Waals surface area contributed by atoms with E-state index in [0.717, 1.165) is 0 Å². The van der Waals surface area contributed by atoms with E-state index in [1.807, 2.05) is 0 Å². The van der Waals surface area contributed by atoms with Crippen molar-refractivity contribution in [2.24, 2.45) is 0 Å². The molecular formula is C15H24. The molecule has 0 N–H and O–H groups in total. The van der Waals surface area contributed by atoms with Gasteiger partial charge in [0.2, 0.25) is 0 Å². The largest absolute Gasteiger partial charge is 0.0654 e. The lowest BCUT2D eigenvalue weighted by Gasteiger charge is -2.14. The molecule has 0 fully saturated rings. The molecule has 1 rings (SSSR count). The van der Waals surface area contributed by atoms with Gasteiger partial charge in [0.05, 0.1) is 0 Å². The van der Waals surface area contributed by atoms with Gasteiger partial charge in [0.15, 0.2) is 0 Å². The van der Waals surface area contributed by atoms with Gasteiger partial charge in [-0.15, -0.1) is 0 Å². The van der Waals surface area contributed by atoms with E-state index in [1.54, 1.807) is 11.1 Å². The van der Waals surface area contributed by atoms with Crippen molar-refractivity contribution in [1.82, 2.24) is 0 Å². The lowest BCUT2D eigenvalue weighted by atomic mass is 9.91. The van der Waals surface area contributed by atoms with Crippen molar-refractivity contribution in [3.8, 4) is 0 Å². The fourth-order valence-electron chi connectivity index (χ4n) is 2.23. The molecule has 1 aromatic carbocycles. The highest BCUT2D eigenvalue weighted by molar-refractivity contribution is 5.40. The maximum Gasteiger partial charge on any atom is -0.0274 e. The quantitative estimate of drug-likeness (QED) is 0.657. The monoisotopic (exact) mass is 204 g/mol. The molecule has 0 aliphatic carbocycles. The molecular weight excluding hydrogens is 180 g/mol. The van der Waals surface area contributed by atoms with Crippen LogP contribution in [0.1, 0.15) is 55.4 Å². The summed E-state index contributed by atoms with van der Waals surface area (Å²) in [5.41, 5.74) is 6.20. The van der Waals surface area contributed by atoms with Crippen LogP contribution < -0.4 is 0 Å². The highest BCUT2D eigenvalue weighted by Crippen LogP contribution is 2.22. The van der Waals surface area contributed by atoms with Crippen molar-refractivity contribution in [3.63, 3.8) is 0 Å². The summed E-state index contributed by atoms with van der Waals surface area (Å²) in [6.07, 6.45) is 6.37. The van der Waals surface area contributed by atoms with E-state index in [1.165, 1.54) is 43.2 Å². The molecule has 0 heterocycles. The summed E-state index contributed by atoms with van der Waals surface area (Å²) in [7, 11) is 0. The summed E-state index contributed by atoms with van der Waals surface area (Å²) in [4.78, 5) is 0. The number of benzene rings is 1. The third-order valence-corrected chi connectivity index (χ3v) is 3.18. The van der Waals surface area contributed by atoms with Gasteiger partial charge in [-0.2, -0.15) is 0 Å². The van der Waals surface area contributed by atoms with Crippen LogP contribution in [0.3, 0.4) is 0 Å². The molecule has 0 amide bonds. The molecule has 0 radical (unpaired) electrons. The zero-order valence-corrected chi connectivity index (χ0v) is 10.7. The van der Waals surface area contributed by atoms with E-state index in [4.69, 9.17) is 0 Å². The Morgan fingerprint density at radius 1 is 0.800 bits per heavy atom. The molecule has 0 heteroatoms. The molecule has 0 atom stereocenters. The van der Waals surface area contributed by atoms with Crippen LogP contribution in [-0.2, 0) is 12.8 Å². The number of hydrogen-bond acceptors (Lipinski definition) is 0. The van der Waals surface area contributed by atoms with Gasteiger partial charge >= 0.3 is 0 Å². The second kappa shape index (κ2) is 5.95. The summed E-state index contributed by atoms with van der Waals surface area (Å²) >= 11 is 0. The van der Waals surface area contributed by atoms with Gasteiger partial charge in [0.1, 0.15) is 0 Å². The van der Waals surface area contributed by atoms with Gasteiger partial charge in [-0.3, -0.25) is 0 Å². The average molecular weight is 204 g/mol. The van der Waals surface area contributed by atoms with E-state index in [-0.39, 0.29) is 0 Å². The molecule has 0 aliphatic heterocycles. The van der Waals surface area contributed by atoms with Gasteiger partial charge in [-0.05, 0) is 55.4 Å². The first-order chi connectivity index (χ1) is 7.20. The summed E-state index contributed by atoms with van der Waals surface area (Å²) in [5, 5.41) is 0. The topological polar surface area (TPSA) is 0 Å². The molecule has 0 aliphatic rings. The Bertz CT molecular complexity index is 310. The maximum atomic E-state index is 2.28. The van der Waals surface area contributed by atoms with Crippen LogP contribution in [0.4, 0.5) is 0 Å². The first kappa shape index (κ1) is 12.3. The fraction of sp³-hybridized carbons (Fsp3) is 0.600. The normalized spacial score (nSPS) is 10.7. The smallest absolute Gasteiger partial charge is 0.0274 e. The van der Waals surface area contributed by atoms with E-state index in [2.05, 4.69) is 39.8 Å². The lowest BCUT2D eigenvalue weighted by Crippen LogP contribution is -2.00. The predicted octanol–water partition coefficient (Wildman–Crippen LogP) is 4.60. The highest BCUT2D eigenvalue weighted by Gasteiger charge is 2.07. The number of rotatable bonds is 5. The minimum atomic E-state index is 1.24. The third kappa shape index (κ3) is 3.09. The van der Waals surface area contributed by atoms with Crippen molar-refractivity contribution in [3.05, 3.63) is 34.4 Å². The lowest BCUT2D eigenvalue weighted by molar-refractivity contribution is 0.773. The van der Waals surface area contributed by atoms with Crippen LogP contribution in [0.25, 0.3) is 0 Å². The molecule has 0 saturated carbocycles. The third-order valence-electron chi connectivity index (χ3n) is 3.18. The second-order valence-electron chi connectivity index (χ2n) is 4.51. The molecule has 0 unspecified atom stereocenters. The Balaban J connectivity index is 3.01. The van der Waals surface area contributed by atoms with Gasteiger partial charge in [-0.25, -0.2) is 0 Å². The molecule has 84 valence electrons. The number of hydrogen-bond donors (Lipinski definition) is 0. The molecule has 0 nitrogen and oxygen atoms in total. The van der Waals surface area contributed by atoms with Gasteiger partial charge in [-0.1, -0.05) is 38.8 Å². The van der Waals surface area contributed by atoms with Gasteiger partial charge in [0.25, 0.3) is 0 Å². The molecule has 0 saturated heterocycles. The summed E-state index contributed by atoms with van der Waals surface area (Å²) in [6.45, 7) is 9.04. The van der Waals surface area contributed by atoms with Crippen molar-refractivity contribution in [2.45, 2.75) is 59.8 Å². The Morgan fingerprint density at radius 3 is 1.80 bits per heavy atom. The summed E-state index contributed by atoms with van der Waals surface area (Å²) < 4.78 is 0. The van der Waals surface area contributed by atoms with Crippen molar-refractivity contribution in [1.29, 1.82) is 0 Å². The standard InChI is InChI=1S/C15H24/c1-5-7-9-15-13(4)11-10-12(3)14(15)8-6-2/h10-11H,5-9H2,1-4H3. The van der Waals surface area contributed by atoms with Crippen LogP contribution >= 0.6 is 0 Å². The Kier molecular flexibility index (Phi) is 4.87. The number of unbranched alkanes of at least 4 members (excludes halogenated alkanes) is 1. The second-order valence-corrected chi connectivity index (χ2v) is 4.51. The summed E-state index contributed by atoms with van der Waals surface area (Å²) in [6, 6.07) is 4.55. The van der Waals surface area contributed by atoms with E-state index in [9.17, 15) is 0 Å². The Hall–Kier alpha value is -0.780. The fourth-order valence-corrected chi connectivity index (χ4v) is 2.23. The zero-order chi connectivity index (χ0) is 11.3. The SMILES string of the molecule is CCCCc1c(C)ccc(C)c1CCC. The molecule has 1 aromatic rings. The Morgan fingerprint density at radius 2 is 1.33 bits per heavy atom. The molecule has 0 spiro atoms. The minimum Gasteiger partial charge on any atom is -0.0654 e. The number of aryl methyl sites for hydroxylation is 2. The van der Waals surface area contributed by atoms with Crippen molar-refractivity contribution in [2.75, 3.05) is 0 Å². The summed E-state index contributed by atoms with van der Waals surface area (Å²) in [5.74, 6) is 0. The zero-order valence-electron chi connectivity index (χ0n) is 10.7.